The van der Waals surface area contributed by atoms with E-state index < -0.39 is 0 Å². The van der Waals surface area contributed by atoms with E-state index in [-0.39, 0.29) is 20.1 Å². The molecule has 0 fully saturated rings. The van der Waals surface area contributed by atoms with E-state index in [9.17, 15) is 0 Å². The van der Waals surface area contributed by atoms with Crippen molar-refractivity contribution in [1.29, 1.82) is 0 Å². The largest absolute Gasteiger partial charge is 0.314 e. The Hall–Kier alpha value is -6.45. The highest BCUT2D eigenvalue weighted by molar-refractivity contribution is 7.06. The van der Waals surface area contributed by atoms with Crippen LogP contribution >= 0.6 is 0 Å². The number of aromatic nitrogens is 1. The SMILES string of the molecule is CC(C)c1ccc(B2c3cccc4c3N3c5c2cccc5B(c2ccc(C(C)C)cc2)c2cc(-n5c6ccc(C(C)C)cc6c6cc(C(C)C)ccc65)cc(c23)B4c2ccc(C(C)C)cc2)cc1. The normalized spacial score (nSPS) is 13.7. The molecule has 0 spiro atoms. The molecule has 3 aliphatic heterocycles. The standard InChI is InChI=1S/C63H61B3N2/c1-37(2)42-17-25-47(26-18-42)64-53-13-11-15-55-61(53)68-62-54(64)14-12-16-56(62)66(49-29-21-44(22-30-49)39(5)6)58-36-50(35-57(63(58)68)65(55)48-27-19-43(20-28-48)38(3)4)67-59-31-23-45(40(7)8)33-51(59)52-34-46(41(9)10)24-32-60(52)67/h11-41H,1-10H3. The maximum Gasteiger partial charge on any atom is 0.246 e. The minimum atomic E-state index is 0.0176. The number of fused-ring (bicyclic) bond motifs is 3. The van der Waals surface area contributed by atoms with Crippen molar-refractivity contribution in [2.45, 2.75) is 98.8 Å². The first-order valence-corrected chi connectivity index (χ1v) is 25.5. The van der Waals surface area contributed by atoms with Gasteiger partial charge in [0.05, 0.1) is 11.0 Å². The zero-order valence-electron chi connectivity index (χ0n) is 41.5. The highest BCUT2D eigenvalue weighted by Crippen LogP contribution is 2.41. The van der Waals surface area contributed by atoms with Gasteiger partial charge in [-0.25, -0.2) is 0 Å². The minimum absolute atomic E-state index is 0.0176. The molecule has 0 atom stereocenters. The summed E-state index contributed by atoms with van der Waals surface area (Å²) >= 11 is 0. The molecule has 0 unspecified atom stereocenters. The lowest BCUT2D eigenvalue weighted by molar-refractivity contribution is 0.867. The summed E-state index contributed by atoms with van der Waals surface area (Å²) in [5.74, 6) is 2.25. The summed E-state index contributed by atoms with van der Waals surface area (Å²) < 4.78 is 2.60. The van der Waals surface area contributed by atoms with Crippen LogP contribution in [0.3, 0.4) is 0 Å². The van der Waals surface area contributed by atoms with Crippen LogP contribution in [-0.4, -0.2) is 24.7 Å². The highest BCUT2D eigenvalue weighted by atomic mass is 15.2. The Kier molecular flexibility index (Phi) is 10.1. The van der Waals surface area contributed by atoms with Crippen molar-refractivity contribution in [3.8, 4) is 5.69 Å². The maximum absolute atomic E-state index is 2.73. The molecule has 0 saturated heterocycles. The van der Waals surface area contributed by atoms with E-state index >= 15 is 0 Å². The fourth-order valence-corrected chi connectivity index (χ4v) is 12.3. The van der Waals surface area contributed by atoms with Gasteiger partial charge in [-0.1, -0.05) is 207 Å². The lowest BCUT2D eigenvalue weighted by Gasteiger charge is -2.49. The van der Waals surface area contributed by atoms with E-state index in [0.717, 1.165) is 0 Å². The third-order valence-corrected chi connectivity index (χ3v) is 16.1. The molecule has 1 aromatic heterocycles. The van der Waals surface area contributed by atoms with E-state index in [1.54, 1.807) is 0 Å². The Morgan fingerprint density at radius 2 is 0.603 bits per heavy atom. The summed E-state index contributed by atoms with van der Waals surface area (Å²) in [4.78, 5) is 2.73. The average Bonchev–Trinajstić information content (AvgIpc) is 3.67. The van der Waals surface area contributed by atoms with E-state index in [1.165, 1.54) is 122 Å². The Balaban J connectivity index is 1.21. The lowest BCUT2D eigenvalue weighted by Crippen LogP contribution is -2.71. The molecule has 0 amide bonds. The molecule has 2 nitrogen and oxygen atoms in total. The van der Waals surface area contributed by atoms with Crippen molar-refractivity contribution < 1.29 is 0 Å². The Bertz CT molecular complexity index is 3250. The molecule has 332 valence electrons. The van der Waals surface area contributed by atoms with Crippen LogP contribution in [0.15, 0.2) is 158 Å². The molecular weight excluding hydrogens is 817 g/mol. The van der Waals surface area contributed by atoms with Crippen molar-refractivity contribution >= 4 is 108 Å². The number of anilines is 3. The molecule has 0 aliphatic carbocycles. The Morgan fingerprint density at radius 3 is 0.926 bits per heavy atom. The quantitative estimate of drug-likeness (QED) is 0.131. The number of benzene rings is 8. The average molecular weight is 879 g/mol. The Morgan fingerprint density at radius 1 is 0.309 bits per heavy atom. The fraction of sp³-hybridized carbons (Fsp3) is 0.238. The van der Waals surface area contributed by atoms with Crippen molar-refractivity contribution in [2.24, 2.45) is 0 Å². The summed E-state index contributed by atoms with van der Waals surface area (Å²) in [7, 11) is 0. The predicted octanol–water partition coefficient (Wildman–Crippen LogP) is 10.4. The monoisotopic (exact) mass is 879 g/mol. The Labute approximate surface area is 405 Å². The van der Waals surface area contributed by atoms with Gasteiger partial charge in [-0.15, -0.1) is 0 Å². The smallest absolute Gasteiger partial charge is 0.246 e. The first kappa shape index (κ1) is 42.9. The minimum Gasteiger partial charge on any atom is -0.314 e. The van der Waals surface area contributed by atoms with Gasteiger partial charge in [0.15, 0.2) is 0 Å². The number of rotatable bonds is 9. The van der Waals surface area contributed by atoms with Crippen LogP contribution in [0, 0.1) is 0 Å². The second-order valence-electron chi connectivity index (χ2n) is 21.8. The second-order valence-corrected chi connectivity index (χ2v) is 21.8. The van der Waals surface area contributed by atoms with Crippen LogP contribution < -0.4 is 54.1 Å². The van der Waals surface area contributed by atoms with Crippen molar-refractivity contribution in [2.75, 3.05) is 4.90 Å². The molecule has 9 aromatic rings. The van der Waals surface area contributed by atoms with Crippen LogP contribution in [0.5, 0.6) is 0 Å². The summed E-state index contributed by atoms with van der Waals surface area (Å²) in [6.07, 6.45) is 0. The first-order valence-electron chi connectivity index (χ1n) is 25.5. The highest BCUT2D eigenvalue weighted by Gasteiger charge is 2.49. The van der Waals surface area contributed by atoms with Gasteiger partial charge in [-0.2, -0.15) is 0 Å². The molecule has 4 heterocycles. The van der Waals surface area contributed by atoms with Crippen molar-refractivity contribution in [3.63, 3.8) is 0 Å². The topological polar surface area (TPSA) is 8.17 Å². The number of para-hydroxylation sites is 2. The second kappa shape index (κ2) is 16.1. The van der Waals surface area contributed by atoms with E-state index in [2.05, 4.69) is 236 Å². The molecule has 12 rings (SSSR count). The van der Waals surface area contributed by atoms with E-state index in [1.807, 2.05) is 0 Å². The van der Waals surface area contributed by atoms with Crippen LogP contribution in [0.25, 0.3) is 27.5 Å². The van der Waals surface area contributed by atoms with Crippen molar-refractivity contribution in [1.82, 2.24) is 4.57 Å². The van der Waals surface area contributed by atoms with Crippen molar-refractivity contribution in [3.05, 3.63) is 186 Å². The lowest BCUT2D eigenvalue weighted by atomic mass is 9.26. The summed E-state index contributed by atoms with van der Waals surface area (Å²) in [5, 5.41) is 2.66. The van der Waals surface area contributed by atoms with Gasteiger partial charge in [0.1, 0.15) is 0 Å². The van der Waals surface area contributed by atoms with Gasteiger partial charge in [0, 0.05) is 33.5 Å². The number of nitrogens with zero attached hydrogens (tertiary/aromatic N) is 2. The van der Waals surface area contributed by atoms with Crippen LogP contribution in [0.1, 0.15) is 127 Å². The van der Waals surface area contributed by atoms with E-state index in [0.29, 0.717) is 29.6 Å². The molecule has 8 aromatic carbocycles. The molecule has 0 radical (unpaired) electrons. The third-order valence-electron chi connectivity index (χ3n) is 16.1. The first-order chi connectivity index (χ1) is 32.9. The molecule has 0 saturated carbocycles. The summed E-state index contributed by atoms with van der Waals surface area (Å²) in [6.45, 7) is 23.2. The van der Waals surface area contributed by atoms with Gasteiger partial charge in [0.2, 0.25) is 20.1 Å². The molecule has 3 aliphatic rings. The zero-order valence-corrected chi connectivity index (χ0v) is 41.5. The third kappa shape index (κ3) is 6.48. The molecule has 0 N–H and O–H groups in total. The van der Waals surface area contributed by atoms with Gasteiger partial charge >= 0.3 is 0 Å². The summed E-state index contributed by atoms with van der Waals surface area (Å²) in [6, 6.07) is 62.9. The molecule has 5 heteroatoms. The van der Waals surface area contributed by atoms with Crippen LogP contribution in [-0.2, 0) is 0 Å². The fourth-order valence-electron chi connectivity index (χ4n) is 12.3. The number of hydrogen-bond acceptors (Lipinski definition) is 1. The molecule has 0 bridgehead atoms. The predicted molar refractivity (Wildman–Crippen MR) is 299 cm³/mol. The van der Waals surface area contributed by atoms with Gasteiger partial charge in [-0.3, -0.25) is 0 Å². The maximum atomic E-state index is 2.73. The van der Waals surface area contributed by atoms with E-state index in [4.69, 9.17) is 0 Å². The van der Waals surface area contributed by atoms with Gasteiger partial charge in [0.25, 0.3) is 0 Å². The van der Waals surface area contributed by atoms with Gasteiger partial charge < -0.3 is 9.47 Å². The zero-order chi connectivity index (χ0) is 46.9. The van der Waals surface area contributed by atoms with Gasteiger partial charge in [-0.05, 0) is 127 Å². The number of hydrogen-bond donors (Lipinski definition) is 0. The van der Waals surface area contributed by atoms with Crippen LogP contribution in [0.4, 0.5) is 17.1 Å². The van der Waals surface area contributed by atoms with Crippen LogP contribution in [0.2, 0.25) is 0 Å². The molecular formula is C63H61B3N2. The molecule has 68 heavy (non-hydrogen) atoms. The summed E-state index contributed by atoms with van der Waals surface area (Å²) in [5.41, 5.74) is 27.0.